The fourth-order valence-electron chi connectivity index (χ4n) is 2.86. The summed E-state index contributed by atoms with van der Waals surface area (Å²) in [5.74, 6) is 0. The molecule has 20 heavy (non-hydrogen) atoms. The van der Waals surface area contributed by atoms with Gasteiger partial charge in [0.25, 0.3) is 0 Å². The van der Waals surface area contributed by atoms with Crippen molar-refractivity contribution in [3.8, 4) is 0 Å². The van der Waals surface area contributed by atoms with Gasteiger partial charge in [-0.05, 0) is 44.7 Å². The molecule has 0 aromatic carbocycles. The summed E-state index contributed by atoms with van der Waals surface area (Å²) in [4.78, 5) is 0. The van der Waals surface area contributed by atoms with Crippen molar-refractivity contribution >= 4 is 0 Å². The molecule has 0 fully saturated rings. The highest BCUT2D eigenvalue weighted by Crippen LogP contribution is 2.26. The summed E-state index contributed by atoms with van der Waals surface area (Å²) < 4.78 is 7.90. The SMILES string of the molecule is CCCNC(Cc1cnn(CC)c1)C(CC)(CC)OC. The van der Waals surface area contributed by atoms with E-state index >= 15 is 0 Å². The van der Waals surface area contributed by atoms with Crippen molar-refractivity contribution in [3.05, 3.63) is 18.0 Å². The van der Waals surface area contributed by atoms with Crippen LogP contribution in [0.15, 0.2) is 12.4 Å². The molecule has 1 aromatic heterocycles. The Morgan fingerprint density at radius 2 is 2.00 bits per heavy atom. The second kappa shape index (κ2) is 8.42. The van der Waals surface area contributed by atoms with Gasteiger partial charge in [-0.2, -0.15) is 5.10 Å². The van der Waals surface area contributed by atoms with Crippen molar-refractivity contribution in [2.24, 2.45) is 0 Å². The van der Waals surface area contributed by atoms with Crippen LogP contribution in [0.3, 0.4) is 0 Å². The van der Waals surface area contributed by atoms with Crippen molar-refractivity contribution in [1.82, 2.24) is 15.1 Å². The first-order chi connectivity index (χ1) is 9.65. The monoisotopic (exact) mass is 281 g/mol. The van der Waals surface area contributed by atoms with Crippen molar-refractivity contribution < 1.29 is 4.74 Å². The molecule has 0 saturated heterocycles. The minimum absolute atomic E-state index is 0.0938. The topological polar surface area (TPSA) is 39.1 Å². The maximum Gasteiger partial charge on any atom is 0.0829 e. The smallest absolute Gasteiger partial charge is 0.0829 e. The molecule has 0 aliphatic rings. The molecule has 1 N–H and O–H groups in total. The van der Waals surface area contributed by atoms with Gasteiger partial charge in [0.1, 0.15) is 0 Å². The Kier molecular flexibility index (Phi) is 7.24. The molecule has 1 unspecified atom stereocenters. The second-order valence-corrected chi connectivity index (χ2v) is 5.39. The highest BCUT2D eigenvalue weighted by molar-refractivity contribution is 5.09. The Morgan fingerprint density at radius 3 is 2.45 bits per heavy atom. The number of hydrogen-bond acceptors (Lipinski definition) is 3. The maximum atomic E-state index is 5.91. The quantitative estimate of drug-likeness (QED) is 0.716. The minimum Gasteiger partial charge on any atom is -0.377 e. The predicted octanol–water partition coefficient (Wildman–Crippen LogP) is 3.02. The Hall–Kier alpha value is -0.870. The predicted molar refractivity (Wildman–Crippen MR) is 84.0 cm³/mol. The number of nitrogens with one attached hydrogen (secondary N) is 1. The van der Waals surface area contributed by atoms with Crippen molar-refractivity contribution in [2.45, 2.75) is 71.6 Å². The van der Waals surface area contributed by atoms with Gasteiger partial charge in [0.05, 0.1) is 11.8 Å². The fraction of sp³-hybridized carbons (Fsp3) is 0.812. The molecule has 0 bridgehead atoms. The zero-order chi connectivity index (χ0) is 15.0. The van der Waals surface area contributed by atoms with E-state index in [1.165, 1.54) is 5.56 Å². The molecule has 0 aliphatic carbocycles. The van der Waals surface area contributed by atoms with Crippen LogP contribution in [0, 0.1) is 0 Å². The summed E-state index contributed by atoms with van der Waals surface area (Å²) in [6.45, 7) is 10.7. The van der Waals surface area contributed by atoms with Crippen LogP contribution in [0.25, 0.3) is 0 Å². The van der Waals surface area contributed by atoms with E-state index in [-0.39, 0.29) is 5.60 Å². The van der Waals surface area contributed by atoms with Crippen LogP contribution in [0.4, 0.5) is 0 Å². The summed E-state index contributed by atoms with van der Waals surface area (Å²) >= 11 is 0. The van der Waals surface area contributed by atoms with E-state index in [0.717, 1.165) is 38.8 Å². The lowest BCUT2D eigenvalue weighted by atomic mass is 9.84. The van der Waals surface area contributed by atoms with Crippen LogP contribution in [0.1, 0.15) is 52.5 Å². The van der Waals surface area contributed by atoms with Gasteiger partial charge in [-0.25, -0.2) is 0 Å². The normalized spacial score (nSPS) is 13.7. The first-order valence-corrected chi connectivity index (χ1v) is 7.95. The summed E-state index contributed by atoms with van der Waals surface area (Å²) in [5, 5.41) is 8.05. The number of aromatic nitrogens is 2. The molecule has 4 nitrogen and oxygen atoms in total. The highest BCUT2D eigenvalue weighted by atomic mass is 16.5. The van der Waals surface area contributed by atoms with Crippen molar-refractivity contribution in [2.75, 3.05) is 13.7 Å². The molecule has 0 spiro atoms. The summed E-state index contributed by atoms with van der Waals surface area (Å²) in [6, 6.07) is 0.331. The number of ether oxygens (including phenoxy) is 1. The lowest BCUT2D eigenvalue weighted by molar-refractivity contribution is -0.0471. The van der Waals surface area contributed by atoms with Gasteiger partial charge < -0.3 is 10.1 Å². The average Bonchev–Trinajstić information content (AvgIpc) is 2.94. The van der Waals surface area contributed by atoms with Gasteiger partial charge >= 0.3 is 0 Å². The standard InChI is InChI=1S/C16H31N3O/c1-6-10-17-15(16(7-2,8-3)20-5)11-14-12-18-19(9-4)13-14/h12-13,15,17H,6-11H2,1-5H3. The zero-order valence-electron chi connectivity index (χ0n) is 13.8. The van der Waals surface area contributed by atoms with Gasteiger partial charge in [-0.1, -0.05) is 20.8 Å². The lowest BCUT2D eigenvalue weighted by Gasteiger charge is -2.39. The fourth-order valence-corrected chi connectivity index (χ4v) is 2.86. The molecule has 116 valence electrons. The molecule has 1 atom stereocenters. The van der Waals surface area contributed by atoms with E-state index in [1.807, 2.05) is 18.0 Å². The lowest BCUT2D eigenvalue weighted by Crippen LogP contribution is -2.53. The van der Waals surface area contributed by atoms with Gasteiger partial charge in [-0.15, -0.1) is 0 Å². The van der Waals surface area contributed by atoms with Crippen LogP contribution in [-0.2, 0) is 17.7 Å². The first-order valence-electron chi connectivity index (χ1n) is 7.95. The Labute approximate surface area is 123 Å². The maximum absolute atomic E-state index is 5.91. The molecule has 4 heteroatoms. The summed E-state index contributed by atoms with van der Waals surface area (Å²) in [6.07, 6.45) is 8.27. The highest BCUT2D eigenvalue weighted by Gasteiger charge is 2.35. The van der Waals surface area contributed by atoms with Crippen LogP contribution >= 0.6 is 0 Å². The van der Waals surface area contributed by atoms with Crippen LogP contribution < -0.4 is 5.32 Å². The number of hydrogen-bond donors (Lipinski definition) is 1. The van der Waals surface area contributed by atoms with Crippen molar-refractivity contribution in [3.63, 3.8) is 0 Å². The van der Waals surface area contributed by atoms with Gasteiger partial charge in [0.15, 0.2) is 0 Å². The van der Waals surface area contributed by atoms with Gasteiger partial charge in [0.2, 0.25) is 0 Å². The first kappa shape index (κ1) is 17.2. The minimum atomic E-state index is -0.0938. The van der Waals surface area contributed by atoms with Crippen LogP contribution in [0.5, 0.6) is 0 Å². The molecule has 0 amide bonds. The third kappa shape index (κ3) is 4.06. The Balaban J connectivity index is 2.87. The number of aryl methyl sites for hydroxylation is 1. The summed E-state index contributed by atoms with van der Waals surface area (Å²) in [7, 11) is 1.84. The number of rotatable bonds is 10. The molecule has 1 aromatic rings. The number of methoxy groups -OCH3 is 1. The van der Waals surface area contributed by atoms with E-state index in [4.69, 9.17) is 4.74 Å². The van der Waals surface area contributed by atoms with E-state index in [1.54, 1.807) is 0 Å². The number of nitrogens with zero attached hydrogens (tertiary/aromatic N) is 2. The van der Waals surface area contributed by atoms with Gasteiger partial charge in [0, 0.05) is 25.9 Å². The van der Waals surface area contributed by atoms with Crippen LogP contribution in [-0.4, -0.2) is 35.1 Å². The molecule has 0 saturated carbocycles. The molecular weight excluding hydrogens is 250 g/mol. The molecule has 0 radical (unpaired) electrons. The molecule has 1 rings (SSSR count). The van der Waals surface area contributed by atoms with Gasteiger partial charge in [-0.3, -0.25) is 4.68 Å². The van der Waals surface area contributed by atoms with E-state index < -0.39 is 0 Å². The van der Waals surface area contributed by atoms with E-state index in [9.17, 15) is 0 Å². The second-order valence-electron chi connectivity index (χ2n) is 5.39. The Bertz CT molecular complexity index is 363. The third-order valence-corrected chi connectivity index (χ3v) is 4.33. The van der Waals surface area contributed by atoms with E-state index in [2.05, 4.69) is 44.3 Å². The average molecular weight is 281 g/mol. The van der Waals surface area contributed by atoms with Crippen molar-refractivity contribution in [1.29, 1.82) is 0 Å². The molecule has 1 heterocycles. The Morgan fingerprint density at radius 1 is 1.30 bits per heavy atom. The summed E-state index contributed by atoms with van der Waals surface area (Å²) in [5.41, 5.74) is 1.19. The largest absolute Gasteiger partial charge is 0.377 e. The molecule has 0 aliphatic heterocycles. The van der Waals surface area contributed by atoms with E-state index in [0.29, 0.717) is 6.04 Å². The van der Waals surface area contributed by atoms with Crippen LogP contribution in [0.2, 0.25) is 0 Å². The molecular formula is C16H31N3O. The zero-order valence-corrected chi connectivity index (χ0v) is 13.8. The third-order valence-electron chi connectivity index (χ3n) is 4.33.